The summed E-state index contributed by atoms with van der Waals surface area (Å²) >= 11 is 0. The summed E-state index contributed by atoms with van der Waals surface area (Å²) in [6, 6.07) is 7.62. The Morgan fingerprint density at radius 3 is 2.29 bits per heavy atom. The Hall–Kier alpha value is -2.90. The number of nitro benzene ring substituents is 1. The zero-order valence-corrected chi connectivity index (χ0v) is 12.5. The van der Waals surface area contributed by atoms with E-state index in [1.54, 1.807) is 6.92 Å². The van der Waals surface area contributed by atoms with Crippen LogP contribution in [0.1, 0.15) is 22.8 Å². The SMILES string of the molecule is CCOC(=O)c1cccc([N+](=O)[O-])c1-c1ccc(C(F)(F)F)cc1. The molecule has 0 fully saturated rings. The van der Waals surface area contributed by atoms with Crippen LogP contribution in [0.3, 0.4) is 0 Å². The van der Waals surface area contributed by atoms with Crippen molar-refractivity contribution >= 4 is 11.7 Å². The highest BCUT2D eigenvalue weighted by Crippen LogP contribution is 2.36. The van der Waals surface area contributed by atoms with Gasteiger partial charge in [0, 0.05) is 6.07 Å². The number of alkyl halides is 3. The van der Waals surface area contributed by atoms with E-state index in [0.29, 0.717) is 0 Å². The van der Waals surface area contributed by atoms with Crippen LogP contribution in [0.15, 0.2) is 42.5 Å². The Labute approximate surface area is 134 Å². The molecule has 0 bridgehead atoms. The number of hydrogen-bond acceptors (Lipinski definition) is 4. The number of carbonyl (C=O) groups is 1. The summed E-state index contributed by atoms with van der Waals surface area (Å²) in [5.41, 5.74) is -1.30. The summed E-state index contributed by atoms with van der Waals surface area (Å²) in [6.45, 7) is 1.64. The van der Waals surface area contributed by atoms with Gasteiger partial charge in [-0.15, -0.1) is 0 Å². The number of ether oxygens (including phenoxy) is 1. The molecule has 0 N–H and O–H groups in total. The maximum Gasteiger partial charge on any atom is 0.416 e. The number of rotatable bonds is 4. The molecule has 2 aromatic rings. The van der Waals surface area contributed by atoms with E-state index in [4.69, 9.17) is 4.74 Å². The second kappa shape index (κ2) is 6.69. The molecule has 0 aliphatic heterocycles. The van der Waals surface area contributed by atoms with Gasteiger partial charge in [0.15, 0.2) is 0 Å². The highest BCUT2D eigenvalue weighted by atomic mass is 19.4. The molecule has 2 rings (SSSR count). The lowest BCUT2D eigenvalue weighted by molar-refractivity contribution is -0.384. The van der Waals surface area contributed by atoms with Crippen LogP contribution in [0.5, 0.6) is 0 Å². The van der Waals surface area contributed by atoms with Crippen molar-refractivity contribution < 1.29 is 27.6 Å². The van der Waals surface area contributed by atoms with Gasteiger partial charge in [0.05, 0.1) is 28.2 Å². The lowest BCUT2D eigenvalue weighted by Gasteiger charge is -2.11. The van der Waals surface area contributed by atoms with Gasteiger partial charge in [0.25, 0.3) is 5.69 Å². The first-order chi connectivity index (χ1) is 11.3. The Kier molecular flexibility index (Phi) is 4.87. The smallest absolute Gasteiger partial charge is 0.416 e. The third-order valence-corrected chi connectivity index (χ3v) is 3.24. The predicted octanol–water partition coefficient (Wildman–Crippen LogP) is 4.46. The number of nitrogens with zero attached hydrogens (tertiary/aromatic N) is 1. The number of halogens is 3. The minimum atomic E-state index is -4.52. The normalized spacial score (nSPS) is 11.2. The average Bonchev–Trinajstić information content (AvgIpc) is 2.53. The van der Waals surface area contributed by atoms with Crippen molar-refractivity contribution in [2.24, 2.45) is 0 Å². The largest absolute Gasteiger partial charge is 0.462 e. The zero-order valence-electron chi connectivity index (χ0n) is 12.5. The van der Waals surface area contributed by atoms with E-state index in [1.807, 2.05) is 0 Å². The quantitative estimate of drug-likeness (QED) is 0.468. The molecule has 0 heterocycles. The first-order valence-corrected chi connectivity index (χ1v) is 6.88. The molecule has 0 unspecified atom stereocenters. The monoisotopic (exact) mass is 339 g/mol. The van der Waals surface area contributed by atoms with Gasteiger partial charge in [-0.3, -0.25) is 10.1 Å². The summed E-state index contributed by atoms with van der Waals surface area (Å²) in [7, 11) is 0. The summed E-state index contributed by atoms with van der Waals surface area (Å²) in [5, 5.41) is 11.2. The van der Waals surface area contributed by atoms with Gasteiger partial charge in [-0.2, -0.15) is 13.2 Å². The molecule has 0 aliphatic carbocycles. The molecular formula is C16H12F3NO4. The molecule has 0 spiro atoms. The Bertz CT molecular complexity index is 770. The van der Waals surface area contributed by atoms with Gasteiger partial charge in [0.2, 0.25) is 0 Å². The van der Waals surface area contributed by atoms with Crippen molar-refractivity contribution in [2.75, 3.05) is 6.61 Å². The van der Waals surface area contributed by atoms with Crippen molar-refractivity contribution in [2.45, 2.75) is 13.1 Å². The van der Waals surface area contributed by atoms with E-state index < -0.39 is 22.6 Å². The van der Waals surface area contributed by atoms with Crippen LogP contribution in [0.2, 0.25) is 0 Å². The van der Waals surface area contributed by atoms with Crippen molar-refractivity contribution in [3.05, 3.63) is 63.7 Å². The van der Waals surface area contributed by atoms with Gasteiger partial charge in [0.1, 0.15) is 0 Å². The molecule has 0 amide bonds. The van der Waals surface area contributed by atoms with E-state index in [-0.39, 0.29) is 29.0 Å². The topological polar surface area (TPSA) is 69.4 Å². The second-order valence-electron chi connectivity index (χ2n) is 4.75. The first kappa shape index (κ1) is 17.5. The van der Waals surface area contributed by atoms with E-state index in [0.717, 1.165) is 24.3 Å². The number of nitro groups is 1. The van der Waals surface area contributed by atoms with Crippen LogP contribution in [0, 0.1) is 10.1 Å². The van der Waals surface area contributed by atoms with Gasteiger partial charge in [-0.25, -0.2) is 4.79 Å². The Morgan fingerprint density at radius 1 is 1.17 bits per heavy atom. The van der Waals surface area contributed by atoms with Crippen LogP contribution in [0.25, 0.3) is 11.1 Å². The summed E-state index contributed by atoms with van der Waals surface area (Å²) in [5.74, 6) is -0.781. The van der Waals surface area contributed by atoms with Crippen LogP contribution >= 0.6 is 0 Å². The second-order valence-corrected chi connectivity index (χ2v) is 4.75. The fourth-order valence-electron chi connectivity index (χ4n) is 2.20. The van der Waals surface area contributed by atoms with Gasteiger partial charge >= 0.3 is 12.1 Å². The molecular weight excluding hydrogens is 327 g/mol. The first-order valence-electron chi connectivity index (χ1n) is 6.88. The lowest BCUT2D eigenvalue weighted by atomic mass is 9.96. The molecule has 0 aromatic heterocycles. The van der Waals surface area contributed by atoms with Crippen molar-refractivity contribution in [1.29, 1.82) is 0 Å². The molecule has 0 saturated heterocycles. The third-order valence-electron chi connectivity index (χ3n) is 3.24. The summed E-state index contributed by atoms with van der Waals surface area (Å²) in [4.78, 5) is 22.5. The van der Waals surface area contributed by atoms with Gasteiger partial charge in [-0.05, 0) is 30.7 Å². The molecule has 2 aromatic carbocycles. The van der Waals surface area contributed by atoms with Crippen molar-refractivity contribution in [3.8, 4) is 11.1 Å². The van der Waals surface area contributed by atoms with Crippen LogP contribution < -0.4 is 0 Å². The van der Waals surface area contributed by atoms with Crippen LogP contribution in [0.4, 0.5) is 18.9 Å². The van der Waals surface area contributed by atoms with Crippen LogP contribution in [-0.4, -0.2) is 17.5 Å². The van der Waals surface area contributed by atoms with Crippen molar-refractivity contribution in [1.82, 2.24) is 0 Å². The molecule has 0 atom stereocenters. The molecule has 0 saturated carbocycles. The maximum absolute atomic E-state index is 12.7. The highest BCUT2D eigenvalue weighted by molar-refractivity contribution is 6.00. The van der Waals surface area contributed by atoms with E-state index in [1.165, 1.54) is 18.2 Å². The highest BCUT2D eigenvalue weighted by Gasteiger charge is 2.31. The molecule has 126 valence electrons. The molecule has 24 heavy (non-hydrogen) atoms. The minimum absolute atomic E-state index is 0.0635. The van der Waals surface area contributed by atoms with Crippen molar-refractivity contribution in [3.63, 3.8) is 0 Å². The number of carbonyl (C=O) groups excluding carboxylic acids is 1. The summed E-state index contributed by atoms with van der Waals surface area (Å²) in [6.07, 6.45) is -4.52. The zero-order chi connectivity index (χ0) is 17.9. The Balaban J connectivity index is 2.62. The van der Waals surface area contributed by atoms with Crippen LogP contribution in [-0.2, 0) is 10.9 Å². The standard InChI is InChI=1S/C16H12F3NO4/c1-2-24-15(21)12-4-3-5-13(20(22)23)14(12)10-6-8-11(9-7-10)16(17,18)19/h3-9H,2H2,1H3. The van der Waals surface area contributed by atoms with E-state index in [9.17, 15) is 28.1 Å². The average molecular weight is 339 g/mol. The van der Waals surface area contributed by atoms with Gasteiger partial charge in [-0.1, -0.05) is 18.2 Å². The molecule has 8 heteroatoms. The minimum Gasteiger partial charge on any atom is -0.462 e. The molecule has 0 aliphatic rings. The van der Waals surface area contributed by atoms with Gasteiger partial charge < -0.3 is 4.74 Å². The molecule has 5 nitrogen and oxygen atoms in total. The third kappa shape index (κ3) is 3.53. The Morgan fingerprint density at radius 2 is 1.79 bits per heavy atom. The molecule has 0 radical (unpaired) electrons. The number of esters is 1. The number of benzene rings is 2. The maximum atomic E-state index is 12.7. The lowest BCUT2D eigenvalue weighted by Crippen LogP contribution is -2.08. The fraction of sp³-hybridized carbons (Fsp3) is 0.188. The van der Waals surface area contributed by atoms with E-state index >= 15 is 0 Å². The predicted molar refractivity (Wildman–Crippen MR) is 79.5 cm³/mol. The van der Waals surface area contributed by atoms with E-state index in [2.05, 4.69) is 0 Å². The fourth-order valence-corrected chi connectivity index (χ4v) is 2.20. The summed E-state index contributed by atoms with van der Waals surface area (Å²) < 4.78 is 42.8. The number of hydrogen-bond donors (Lipinski definition) is 0.